The molecule has 2 aromatic rings. The fourth-order valence-corrected chi connectivity index (χ4v) is 7.34. The fraction of sp³-hybridized carbons (Fsp3) is 0.600. The lowest BCUT2D eigenvalue weighted by Gasteiger charge is -2.56. The number of benzene rings is 1. The number of ether oxygens (including phenoxy) is 1. The summed E-state index contributed by atoms with van der Waals surface area (Å²) >= 11 is 0. The molecule has 4 nitrogen and oxygen atoms in total. The molecule has 2 heterocycles. The Morgan fingerprint density at radius 1 is 1.07 bits per heavy atom. The van der Waals surface area contributed by atoms with Gasteiger partial charge in [0.25, 0.3) is 0 Å². The van der Waals surface area contributed by atoms with E-state index in [0.29, 0.717) is 17.9 Å². The van der Waals surface area contributed by atoms with E-state index in [1.807, 2.05) is 24.4 Å². The van der Waals surface area contributed by atoms with E-state index >= 15 is 0 Å². The zero-order valence-electron chi connectivity index (χ0n) is 17.1. The van der Waals surface area contributed by atoms with Gasteiger partial charge in [0.1, 0.15) is 17.4 Å². The second-order valence-corrected chi connectivity index (χ2v) is 10.3. The second kappa shape index (κ2) is 6.72. The third-order valence-electron chi connectivity index (χ3n) is 8.08. The standard InChI is InChI=1S/C25H30N2O2/c28-23(15-25-12-17-9-18(13-25)11-19(10-17)14-25)27-8-6-21(16-27)29-22-5-1-3-20-4-2-7-26-24(20)22/h1-5,7,17-19,21H,6,8-16H2. The minimum absolute atomic E-state index is 0.0721. The number of pyridine rings is 1. The van der Waals surface area contributed by atoms with E-state index in [1.54, 1.807) is 0 Å². The van der Waals surface area contributed by atoms with Crippen LogP contribution in [0.4, 0.5) is 0 Å². The predicted molar refractivity (Wildman–Crippen MR) is 113 cm³/mol. The van der Waals surface area contributed by atoms with Crippen LogP contribution in [0.25, 0.3) is 10.9 Å². The molecular weight excluding hydrogens is 360 g/mol. The molecule has 5 fully saturated rings. The van der Waals surface area contributed by atoms with Crippen LogP contribution in [0, 0.1) is 23.2 Å². The average molecular weight is 391 g/mol. The van der Waals surface area contributed by atoms with Gasteiger partial charge in [-0.1, -0.05) is 18.2 Å². The molecule has 1 aromatic heterocycles. The summed E-state index contributed by atoms with van der Waals surface area (Å²) in [7, 11) is 0. The number of fused-ring (bicyclic) bond motifs is 1. The summed E-state index contributed by atoms with van der Waals surface area (Å²) in [4.78, 5) is 19.8. The molecule has 0 N–H and O–H groups in total. The predicted octanol–water partition coefficient (Wildman–Crippen LogP) is 4.82. The van der Waals surface area contributed by atoms with Crippen molar-refractivity contribution in [1.82, 2.24) is 9.88 Å². The van der Waals surface area contributed by atoms with Crippen LogP contribution in [0.3, 0.4) is 0 Å². The first-order chi connectivity index (χ1) is 14.2. The van der Waals surface area contributed by atoms with Crippen molar-refractivity contribution in [1.29, 1.82) is 0 Å². The Morgan fingerprint density at radius 3 is 2.55 bits per heavy atom. The number of rotatable bonds is 4. The number of amides is 1. The van der Waals surface area contributed by atoms with E-state index in [-0.39, 0.29) is 6.10 Å². The van der Waals surface area contributed by atoms with Crippen molar-refractivity contribution in [2.24, 2.45) is 23.2 Å². The van der Waals surface area contributed by atoms with E-state index in [1.165, 1.54) is 38.5 Å². The zero-order valence-corrected chi connectivity index (χ0v) is 17.1. The average Bonchev–Trinajstić information content (AvgIpc) is 3.16. The molecule has 4 saturated carbocycles. The summed E-state index contributed by atoms with van der Waals surface area (Å²) < 4.78 is 6.31. The molecule has 0 spiro atoms. The Balaban J connectivity index is 1.12. The molecule has 7 rings (SSSR count). The summed E-state index contributed by atoms with van der Waals surface area (Å²) in [6, 6.07) is 10.1. The lowest BCUT2D eigenvalue weighted by Crippen LogP contribution is -2.48. The van der Waals surface area contributed by atoms with Gasteiger partial charge in [-0.15, -0.1) is 0 Å². The van der Waals surface area contributed by atoms with Crippen LogP contribution in [0.5, 0.6) is 5.75 Å². The van der Waals surface area contributed by atoms with Crippen LogP contribution in [0.2, 0.25) is 0 Å². The molecule has 1 aliphatic heterocycles. The molecule has 1 amide bonds. The number of nitrogens with zero attached hydrogens (tertiary/aromatic N) is 2. The highest BCUT2D eigenvalue weighted by atomic mass is 16.5. The summed E-state index contributed by atoms with van der Waals surface area (Å²) in [5.41, 5.74) is 1.23. The third kappa shape index (κ3) is 3.21. The number of hydrogen-bond acceptors (Lipinski definition) is 3. The molecule has 29 heavy (non-hydrogen) atoms. The molecule has 4 bridgehead atoms. The SMILES string of the molecule is O=C(CC12CC3CC(CC(C3)C1)C2)N1CCC(Oc2cccc3cccnc23)C1. The van der Waals surface area contributed by atoms with Gasteiger partial charge in [-0.3, -0.25) is 9.78 Å². The monoisotopic (exact) mass is 390 g/mol. The molecule has 0 radical (unpaired) electrons. The van der Waals surface area contributed by atoms with E-state index in [9.17, 15) is 4.79 Å². The summed E-state index contributed by atoms with van der Waals surface area (Å²) in [6.45, 7) is 1.54. The van der Waals surface area contributed by atoms with Crippen LogP contribution < -0.4 is 4.74 Å². The molecule has 4 heteroatoms. The first-order valence-corrected chi connectivity index (χ1v) is 11.4. The van der Waals surface area contributed by atoms with Gasteiger partial charge in [0.05, 0.1) is 6.54 Å². The maximum atomic E-state index is 13.2. The Kier molecular flexibility index (Phi) is 4.11. The summed E-state index contributed by atoms with van der Waals surface area (Å²) in [5.74, 6) is 3.92. The fourth-order valence-electron chi connectivity index (χ4n) is 7.34. The van der Waals surface area contributed by atoms with E-state index < -0.39 is 0 Å². The van der Waals surface area contributed by atoms with Crippen molar-refractivity contribution in [2.45, 2.75) is 57.5 Å². The van der Waals surface area contributed by atoms with Gasteiger partial charge >= 0.3 is 0 Å². The first-order valence-electron chi connectivity index (χ1n) is 11.4. The maximum Gasteiger partial charge on any atom is 0.223 e. The van der Waals surface area contributed by atoms with E-state index in [4.69, 9.17) is 4.74 Å². The number of hydrogen-bond donors (Lipinski definition) is 0. The van der Waals surface area contributed by atoms with Crippen molar-refractivity contribution < 1.29 is 9.53 Å². The molecule has 1 atom stereocenters. The molecule has 1 unspecified atom stereocenters. The Bertz CT molecular complexity index is 899. The lowest BCUT2D eigenvalue weighted by atomic mass is 9.49. The number of carbonyl (C=O) groups excluding carboxylic acids is 1. The number of para-hydroxylation sites is 1. The second-order valence-electron chi connectivity index (χ2n) is 10.3. The topological polar surface area (TPSA) is 42.4 Å². The normalized spacial score (nSPS) is 35.4. The van der Waals surface area contributed by atoms with Gasteiger partial charge in [0.15, 0.2) is 0 Å². The van der Waals surface area contributed by atoms with Gasteiger partial charge in [-0.25, -0.2) is 0 Å². The zero-order chi connectivity index (χ0) is 19.4. The largest absolute Gasteiger partial charge is 0.486 e. The van der Waals surface area contributed by atoms with Crippen LogP contribution >= 0.6 is 0 Å². The highest BCUT2D eigenvalue weighted by Crippen LogP contribution is 2.61. The van der Waals surface area contributed by atoms with Gasteiger partial charge in [0, 0.05) is 31.0 Å². The van der Waals surface area contributed by atoms with Gasteiger partial charge in [0.2, 0.25) is 5.91 Å². The molecule has 1 saturated heterocycles. The Hall–Kier alpha value is -2.10. The summed E-state index contributed by atoms with van der Waals surface area (Å²) in [5, 5.41) is 1.10. The minimum Gasteiger partial charge on any atom is -0.486 e. The van der Waals surface area contributed by atoms with Crippen molar-refractivity contribution in [2.75, 3.05) is 13.1 Å². The van der Waals surface area contributed by atoms with Crippen LogP contribution in [0.15, 0.2) is 36.5 Å². The van der Waals surface area contributed by atoms with Crippen LogP contribution in [-0.4, -0.2) is 35.0 Å². The Morgan fingerprint density at radius 2 is 1.79 bits per heavy atom. The summed E-state index contributed by atoms with van der Waals surface area (Å²) in [6.07, 6.45) is 11.8. The lowest BCUT2D eigenvalue weighted by molar-refractivity contribution is -0.138. The molecular formula is C25H30N2O2. The molecule has 5 aliphatic rings. The quantitative estimate of drug-likeness (QED) is 0.752. The van der Waals surface area contributed by atoms with Gasteiger partial charge in [-0.2, -0.15) is 0 Å². The minimum atomic E-state index is 0.0721. The van der Waals surface area contributed by atoms with Crippen molar-refractivity contribution >= 4 is 16.8 Å². The molecule has 152 valence electrons. The van der Waals surface area contributed by atoms with Crippen molar-refractivity contribution in [3.05, 3.63) is 36.5 Å². The highest BCUT2D eigenvalue weighted by molar-refractivity contribution is 5.84. The number of carbonyl (C=O) groups is 1. The molecule has 4 aliphatic carbocycles. The van der Waals surface area contributed by atoms with Crippen LogP contribution in [0.1, 0.15) is 51.4 Å². The van der Waals surface area contributed by atoms with Gasteiger partial charge < -0.3 is 9.64 Å². The number of likely N-dealkylation sites (tertiary alicyclic amines) is 1. The first kappa shape index (κ1) is 17.7. The third-order valence-corrected chi connectivity index (χ3v) is 8.08. The number of aromatic nitrogens is 1. The maximum absolute atomic E-state index is 13.2. The Labute approximate surface area is 172 Å². The van der Waals surface area contributed by atoms with E-state index in [0.717, 1.165) is 53.8 Å². The van der Waals surface area contributed by atoms with Crippen LogP contribution in [-0.2, 0) is 4.79 Å². The highest BCUT2D eigenvalue weighted by Gasteiger charge is 2.52. The van der Waals surface area contributed by atoms with E-state index in [2.05, 4.69) is 22.0 Å². The van der Waals surface area contributed by atoms with Crippen molar-refractivity contribution in [3.63, 3.8) is 0 Å². The smallest absolute Gasteiger partial charge is 0.223 e. The van der Waals surface area contributed by atoms with Crippen molar-refractivity contribution in [3.8, 4) is 5.75 Å². The molecule has 1 aromatic carbocycles. The van der Waals surface area contributed by atoms with Gasteiger partial charge in [-0.05, 0) is 73.8 Å².